The zero-order valence-corrected chi connectivity index (χ0v) is 15.6. The highest BCUT2D eigenvalue weighted by molar-refractivity contribution is 5.75. The summed E-state index contributed by atoms with van der Waals surface area (Å²) in [6, 6.07) is 0. The van der Waals surface area contributed by atoms with Gasteiger partial charge in [-0.1, -0.05) is 48.5 Å². The average Bonchev–Trinajstić information content (AvgIpc) is 2.53. The van der Waals surface area contributed by atoms with Crippen molar-refractivity contribution >= 4 is 11.9 Å². The lowest BCUT2D eigenvalue weighted by molar-refractivity contribution is -0.184. The van der Waals surface area contributed by atoms with Crippen LogP contribution in [0.1, 0.15) is 67.7 Å². The first-order valence-corrected chi connectivity index (χ1v) is 8.78. The van der Waals surface area contributed by atoms with Gasteiger partial charge in [0.05, 0.1) is 12.3 Å². The Morgan fingerprint density at radius 1 is 1.26 bits per heavy atom. The number of hydrogen-bond acceptors (Lipinski definition) is 4. The molecule has 4 heteroatoms. The molecule has 4 nitrogen and oxygen atoms in total. The molecule has 23 heavy (non-hydrogen) atoms. The van der Waals surface area contributed by atoms with Gasteiger partial charge in [0.2, 0.25) is 0 Å². The second-order valence-corrected chi connectivity index (χ2v) is 9.72. The molecule has 0 spiro atoms. The summed E-state index contributed by atoms with van der Waals surface area (Å²) >= 11 is 0. The quantitative estimate of drug-likeness (QED) is 0.737. The van der Waals surface area contributed by atoms with Gasteiger partial charge in [0.1, 0.15) is 12.2 Å². The first-order valence-electron chi connectivity index (χ1n) is 8.78. The monoisotopic (exact) mass is 324 g/mol. The van der Waals surface area contributed by atoms with Crippen molar-refractivity contribution < 1.29 is 19.1 Å². The molecule has 5 unspecified atom stereocenters. The maximum atomic E-state index is 12.9. The van der Waals surface area contributed by atoms with E-state index in [4.69, 9.17) is 9.47 Å². The molecule has 1 saturated heterocycles. The summed E-state index contributed by atoms with van der Waals surface area (Å²) in [5, 5.41) is 0. The summed E-state index contributed by atoms with van der Waals surface area (Å²) in [6.07, 6.45) is 1.53. The minimum atomic E-state index is -0.264. The molecular formula is C19H32O4. The minimum absolute atomic E-state index is 0.0578. The number of ether oxygens (including phenoxy) is 2. The van der Waals surface area contributed by atoms with Crippen LogP contribution in [0.4, 0.5) is 0 Å². The van der Waals surface area contributed by atoms with E-state index in [9.17, 15) is 9.59 Å². The van der Waals surface area contributed by atoms with Crippen LogP contribution in [0.3, 0.4) is 0 Å². The van der Waals surface area contributed by atoms with E-state index in [0.29, 0.717) is 6.42 Å². The molecule has 0 aromatic heterocycles. The lowest BCUT2D eigenvalue weighted by Crippen LogP contribution is -2.44. The van der Waals surface area contributed by atoms with E-state index in [2.05, 4.69) is 48.5 Å². The predicted octanol–water partition coefficient (Wildman–Crippen LogP) is 3.97. The zero-order valence-electron chi connectivity index (χ0n) is 15.6. The highest BCUT2D eigenvalue weighted by Crippen LogP contribution is 2.43. The summed E-state index contributed by atoms with van der Waals surface area (Å²) in [5.74, 6) is -0.0663. The number of hydrogen-bond donors (Lipinski definition) is 0. The van der Waals surface area contributed by atoms with E-state index >= 15 is 0 Å². The smallest absolute Gasteiger partial charge is 0.309 e. The third-order valence-corrected chi connectivity index (χ3v) is 5.12. The van der Waals surface area contributed by atoms with Gasteiger partial charge < -0.3 is 9.47 Å². The van der Waals surface area contributed by atoms with Crippen LogP contribution in [-0.4, -0.2) is 24.1 Å². The molecule has 0 radical (unpaired) electrons. The van der Waals surface area contributed by atoms with Gasteiger partial charge in [-0.25, -0.2) is 0 Å². The summed E-state index contributed by atoms with van der Waals surface area (Å²) in [4.78, 5) is 24.5. The Labute approximate surface area is 140 Å². The molecule has 1 aliphatic carbocycles. The molecule has 2 rings (SSSR count). The fourth-order valence-electron chi connectivity index (χ4n) is 3.87. The topological polar surface area (TPSA) is 52.6 Å². The number of fused-ring (bicyclic) bond motifs is 2. The summed E-state index contributed by atoms with van der Waals surface area (Å²) < 4.78 is 11.4. The van der Waals surface area contributed by atoms with Gasteiger partial charge >= 0.3 is 11.9 Å². The van der Waals surface area contributed by atoms with E-state index in [1.54, 1.807) is 0 Å². The van der Waals surface area contributed by atoms with Gasteiger partial charge in [0, 0.05) is 5.92 Å². The number of carbonyl (C=O) groups is 2. The fraction of sp³-hybridized carbons (Fsp3) is 0.895. The highest BCUT2D eigenvalue weighted by atomic mass is 16.6. The molecule has 0 aromatic carbocycles. The SMILES string of the molecule is CC1CC2CC(=O)OC1C2OC(=O)C(CC(C)(C)C)C(C)(C)C. The normalized spacial score (nSPS) is 32.4. The standard InChI is InChI=1S/C19H32O4/c1-11-8-12-9-14(20)22-15(11)16(12)23-17(21)13(19(5,6)7)10-18(2,3)4/h11-13,15-16H,8-10H2,1-7H3. The van der Waals surface area contributed by atoms with Gasteiger partial charge in [0.25, 0.3) is 0 Å². The average molecular weight is 324 g/mol. The van der Waals surface area contributed by atoms with Crippen LogP contribution in [0.15, 0.2) is 0 Å². The largest absolute Gasteiger partial charge is 0.458 e. The highest BCUT2D eigenvalue weighted by Gasteiger charge is 2.51. The third kappa shape index (κ3) is 4.27. The third-order valence-electron chi connectivity index (χ3n) is 5.12. The van der Waals surface area contributed by atoms with Crippen LogP contribution >= 0.6 is 0 Å². The Morgan fingerprint density at radius 2 is 1.87 bits per heavy atom. The van der Waals surface area contributed by atoms with Crippen molar-refractivity contribution in [3.05, 3.63) is 0 Å². The van der Waals surface area contributed by atoms with Crippen LogP contribution in [0, 0.1) is 28.6 Å². The van der Waals surface area contributed by atoms with Crippen LogP contribution in [0.2, 0.25) is 0 Å². The van der Waals surface area contributed by atoms with E-state index in [0.717, 1.165) is 12.8 Å². The predicted molar refractivity (Wildman–Crippen MR) is 88.7 cm³/mol. The number of esters is 2. The first-order chi connectivity index (χ1) is 10.4. The van der Waals surface area contributed by atoms with Crippen molar-refractivity contribution in [3.63, 3.8) is 0 Å². The van der Waals surface area contributed by atoms with Crippen molar-refractivity contribution in [1.29, 1.82) is 0 Å². The van der Waals surface area contributed by atoms with Crippen molar-refractivity contribution in [2.24, 2.45) is 28.6 Å². The van der Waals surface area contributed by atoms with Crippen molar-refractivity contribution in [2.75, 3.05) is 0 Å². The first kappa shape index (κ1) is 18.3. The van der Waals surface area contributed by atoms with Crippen molar-refractivity contribution in [1.82, 2.24) is 0 Å². The molecular weight excluding hydrogens is 292 g/mol. The molecule has 0 amide bonds. The maximum Gasteiger partial charge on any atom is 0.309 e. The molecule has 0 N–H and O–H groups in total. The number of carbonyl (C=O) groups excluding carboxylic acids is 2. The Balaban J connectivity index is 2.11. The second kappa shape index (κ2) is 6.10. The van der Waals surface area contributed by atoms with E-state index in [-0.39, 0.29) is 52.7 Å². The molecule has 1 aliphatic heterocycles. The molecule has 1 heterocycles. The van der Waals surface area contributed by atoms with Crippen LogP contribution in [-0.2, 0) is 19.1 Å². The molecule has 132 valence electrons. The molecule has 2 bridgehead atoms. The molecule has 2 fully saturated rings. The molecule has 5 atom stereocenters. The zero-order chi connectivity index (χ0) is 17.6. The Bertz CT molecular complexity index is 469. The van der Waals surface area contributed by atoms with E-state index in [1.165, 1.54) is 0 Å². The Morgan fingerprint density at radius 3 is 2.35 bits per heavy atom. The van der Waals surface area contributed by atoms with Crippen LogP contribution in [0.25, 0.3) is 0 Å². The maximum absolute atomic E-state index is 12.9. The van der Waals surface area contributed by atoms with E-state index < -0.39 is 0 Å². The second-order valence-electron chi connectivity index (χ2n) is 9.72. The summed E-state index contributed by atoms with van der Waals surface area (Å²) in [7, 11) is 0. The van der Waals surface area contributed by atoms with Gasteiger partial charge in [-0.3, -0.25) is 9.59 Å². The Hall–Kier alpha value is -1.06. The van der Waals surface area contributed by atoms with Gasteiger partial charge in [-0.2, -0.15) is 0 Å². The van der Waals surface area contributed by atoms with Gasteiger partial charge in [-0.05, 0) is 29.6 Å². The molecule has 1 saturated carbocycles. The van der Waals surface area contributed by atoms with Gasteiger partial charge in [-0.15, -0.1) is 0 Å². The fourth-order valence-corrected chi connectivity index (χ4v) is 3.87. The van der Waals surface area contributed by atoms with Crippen LogP contribution < -0.4 is 0 Å². The minimum Gasteiger partial charge on any atom is -0.458 e. The van der Waals surface area contributed by atoms with Crippen molar-refractivity contribution in [3.8, 4) is 0 Å². The van der Waals surface area contributed by atoms with Crippen molar-refractivity contribution in [2.45, 2.75) is 79.9 Å². The van der Waals surface area contributed by atoms with E-state index in [1.807, 2.05) is 0 Å². The molecule has 0 aromatic rings. The molecule has 2 aliphatic rings. The summed E-state index contributed by atoms with van der Waals surface area (Å²) in [5.41, 5.74) is -0.0946. The number of rotatable bonds is 3. The lowest BCUT2D eigenvalue weighted by Gasteiger charge is -2.36. The summed E-state index contributed by atoms with van der Waals surface area (Å²) in [6.45, 7) is 14.8. The Kier molecular flexibility index (Phi) is 4.85. The van der Waals surface area contributed by atoms with Crippen LogP contribution in [0.5, 0.6) is 0 Å². The lowest BCUT2D eigenvalue weighted by atomic mass is 9.72. The van der Waals surface area contributed by atoms with Gasteiger partial charge in [0.15, 0.2) is 0 Å².